The largest absolute Gasteiger partial charge is 0.468 e. The van der Waals surface area contributed by atoms with Crippen LogP contribution in [-0.2, 0) is 27.4 Å². The second kappa shape index (κ2) is 10.1. The fourth-order valence-corrected chi connectivity index (χ4v) is 2.62. The van der Waals surface area contributed by atoms with Crippen molar-refractivity contribution in [3.05, 3.63) is 83.4 Å². The Bertz CT molecular complexity index is 859. The first-order chi connectivity index (χ1) is 13.4. The van der Waals surface area contributed by atoms with Crippen LogP contribution < -0.4 is 5.32 Å². The molecule has 0 heterocycles. The van der Waals surface area contributed by atoms with Crippen molar-refractivity contribution in [2.45, 2.75) is 20.0 Å². The number of benzene rings is 2. The van der Waals surface area contributed by atoms with Crippen molar-refractivity contribution in [3.8, 4) is 0 Å². The minimum Gasteiger partial charge on any atom is -0.468 e. The fraction of sp³-hybridized carbons (Fsp3) is 0.227. The zero-order chi connectivity index (χ0) is 20.5. The average Bonchev–Trinajstić information content (AvgIpc) is 2.72. The Hall–Kier alpha value is -3.41. The molecule has 2 rings (SSSR count). The zero-order valence-electron chi connectivity index (χ0n) is 16.1. The minimum absolute atomic E-state index is 0.138. The molecule has 1 N–H and O–H groups in total. The molecule has 0 aliphatic heterocycles. The topological polar surface area (TPSA) is 75.7 Å². The van der Waals surface area contributed by atoms with Crippen LogP contribution in [0.1, 0.15) is 27.0 Å². The third-order valence-corrected chi connectivity index (χ3v) is 4.31. The van der Waals surface area contributed by atoms with E-state index < -0.39 is 5.97 Å². The first-order valence-electron chi connectivity index (χ1n) is 8.84. The van der Waals surface area contributed by atoms with Crippen molar-refractivity contribution in [1.82, 2.24) is 10.2 Å². The van der Waals surface area contributed by atoms with Crippen LogP contribution in [0.2, 0.25) is 0 Å². The number of ether oxygens (including phenoxy) is 1. The third-order valence-electron chi connectivity index (χ3n) is 4.31. The van der Waals surface area contributed by atoms with Gasteiger partial charge in [-0.15, -0.1) is 0 Å². The third kappa shape index (κ3) is 5.81. The highest BCUT2D eigenvalue weighted by Gasteiger charge is 2.20. The predicted molar refractivity (Wildman–Crippen MR) is 106 cm³/mol. The maximum absolute atomic E-state index is 13.0. The smallest absolute Gasteiger partial charge is 0.325 e. The average molecular weight is 380 g/mol. The molecule has 2 aromatic carbocycles. The van der Waals surface area contributed by atoms with Gasteiger partial charge in [-0.2, -0.15) is 0 Å². The first-order valence-corrected chi connectivity index (χ1v) is 8.84. The standard InChI is InChI=1S/C22H24N2O4/c1-4-20(25)23-13-17-9-11-18(12-10-17)22(27)24(15-21(26)28-3)14-19-8-6-5-7-16(19)2/h4-12H,1,13-15H2,2-3H3,(H,23,25). The van der Waals surface area contributed by atoms with E-state index in [4.69, 9.17) is 4.74 Å². The second-order valence-electron chi connectivity index (χ2n) is 6.28. The van der Waals surface area contributed by atoms with Gasteiger partial charge >= 0.3 is 5.97 Å². The quantitative estimate of drug-likeness (QED) is 0.564. The Morgan fingerprint density at radius 2 is 1.79 bits per heavy atom. The van der Waals surface area contributed by atoms with Gasteiger partial charge in [-0.3, -0.25) is 14.4 Å². The van der Waals surface area contributed by atoms with E-state index in [1.165, 1.54) is 18.1 Å². The van der Waals surface area contributed by atoms with Crippen molar-refractivity contribution in [2.75, 3.05) is 13.7 Å². The summed E-state index contributed by atoms with van der Waals surface area (Å²) >= 11 is 0. The maximum atomic E-state index is 13.0. The lowest BCUT2D eigenvalue weighted by Crippen LogP contribution is -2.36. The Morgan fingerprint density at radius 1 is 1.11 bits per heavy atom. The molecule has 6 nitrogen and oxygen atoms in total. The van der Waals surface area contributed by atoms with Gasteiger partial charge in [0.05, 0.1) is 7.11 Å². The monoisotopic (exact) mass is 380 g/mol. The molecule has 0 radical (unpaired) electrons. The summed E-state index contributed by atoms with van der Waals surface area (Å²) in [4.78, 5) is 37.5. The van der Waals surface area contributed by atoms with Crippen molar-refractivity contribution >= 4 is 17.8 Å². The van der Waals surface area contributed by atoms with Gasteiger partial charge in [0.1, 0.15) is 6.54 Å². The zero-order valence-corrected chi connectivity index (χ0v) is 16.1. The lowest BCUT2D eigenvalue weighted by atomic mass is 10.1. The first kappa shape index (κ1) is 20.9. The molecular weight excluding hydrogens is 356 g/mol. The summed E-state index contributed by atoms with van der Waals surface area (Å²) in [6, 6.07) is 14.6. The van der Waals surface area contributed by atoms with Gasteiger partial charge in [0.15, 0.2) is 0 Å². The van der Waals surface area contributed by atoms with Gasteiger partial charge in [-0.1, -0.05) is 43.0 Å². The summed E-state index contributed by atoms with van der Waals surface area (Å²) in [5.41, 5.74) is 3.31. The summed E-state index contributed by atoms with van der Waals surface area (Å²) < 4.78 is 4.74. The number of rotatable bonds is 8. The molecule has 0 spiro atoms. The van der Waals surface area contributed by atoms with Gasteiger partial charge in [0, 0.05) is 18.7 Å². The van der Waals surface area contributed by atoms with Crippen LogP contribution in [0, 0.1) is 6.92 Å². The van der Waals surface area contributed by atoms with E-state index in [1.807, 2.05) is 31.2 Å². The normalized spacial score (nSPS) is 10.1. The molecule has 28 heavy (non-hydrogen) atoms. The predicted octanol–water partition coefficient (Wildman–Crippen LogP) is 2.61. The van der Waals surface area contributed by atoms with Crippen LogP contribution >= 0.6 is 0 Å². The molecule has 2 amide bonds. The molecule has 146 valence electrons. The minimum atomic E-state index is -0.481. The molecule has 0 fully saturated rings. The molecule has 0 aromatic heterocycles. The van der Waals surface area contributed by atoms with Crippen LogP contribution in [-0.4, -0.2) is 36.3 Å². The number of methoxy groups -OCH3 is 1. The van der Waals surface area contributed by atoms with Gasteiger partial charge in [0.2, 0.25) is 5.91 Å². The molecule has 0 saturated heterocycles. The van der Waals surface area contributed by atoms with Crippen LogP contribution in [0.15, 0.2) is 61.2 Å². The van der Waals surface area contributed by atoms with Crippen LogP contribution in [0.4, 0.5) is 0 Å². The maximum Gasteiger partial charge on any atom is 0.325 e. The van der Waals surface area contributed by atoms with E-state index in [-0.39, 0.29) is 18.4 Å². The number of carbonyl (C=O) groups excluding carboxylic acids is 3. The fourth-order valence-electron chi connectivity index (χ4n) is 2.62. The lowest BCUT2D eigenvalue weighted by Gasteiger charge is -2.22. The summed E-state index contributed by atoms with van der Waals surface area (Å²) in [6.45, 7) is 5.87. The van der Waals surface area contributed by atoms with Crippen molar-refractivity contribution in [1.29, 1.82) is 0 Å². The molecule has 0 aliphatic carbocycles. The van der Waals surface area contributed by atoms with Crippen molar-refractivity contribution in [3.63, 3.8) is 0 Å². The summed E-state index contributed by atoms with van der Waals surface area (Å²) in [5.74, 6) is -1.01. The Kier molecular flexibility index (Phi) is 7.51. The number of nitrogens with zero attached hydrogens (tertiary/aromatic N) is 1. The highest BCUT2D eigenvalue weighted by Crippen LogP contribution is 2.14. The van der Waals surface area contributed by atoms with Gasteiger partial charge in [-0.05, 0) is 41.8 Å². The number of hydrogen-bond acceptors (Lipinski definition) is 4. The Balaban J connectivity index is 2.16. The number of aryl methyl sites for hydroxylation is 1. The second-order valence-corrected chi connectivity index (χ2v) is 6.28. The summed E-state index contributed by atoms with van der Waals surface area (Å²) in [6.07, 6.45) is 1.20. The van der Waals surface area contributed by atoms with Gasteiger partial charge in [-0.25, -0.2) is 0 Å². The van der Waals surface area contributed by atoms with E-state index in [9.17, 15) is 14.4 Å². The molecule has 0 bridgehead atoms. The van der Waals surface area contributed by atoms with Crippen LogP contribution in [0.3, 0.4) is 0 Å². The Labute approximate surface area is 164 Å². The highest BCUT2D eigenvalue weighted by atomic mass is 16.5. The number of carbonyl (C=O) groups is 3. The van der Waals surface area contributed by atoms with E-state index in [0.717, 1.165) is 16.7 Å². The molecule has 6 heteroatoms. The molecule has 0 aliphatic rings. The van der Waals surface area contributed by atoms with E-state index in [2.05, 4.69) is 11.9 Å². The number of hydrogen-bond donors (Lipinski definition) is 1. The number of amides is 2. The lowest BCUT2D eigenvalue weighted by molar-refractivity contribution is -0.141. The van der Waals surface area contributed by atoms with E-state index in [1.54, 1.807) is 24.3 Å². The molecular formula is C22H24N2O4. The van der Waals surface area contributed by atoms with E-state index in [0.29, 0.717) is 18.7 Å². The molecule has 0 unspecified atom stereocenters. The van der Waals surface area contributed by atoms with Crippen molar-refractivity contribution in [2.24, 2.45) is 0 Å². The van der Waals surface area contributed by atoms with Gasteiger partial charge in [0.25, 0.3) is 5.91 Å². The number of esters is 1. The van der Waals surface area contributed by atoms with Crippen LogP contribution in [0.5, 0.6) is 0 Å². The number of nitrogens with one attached hydrogen (secondary N) is 1. The molecule has 0 saturated carbocycles. The van der Waals surface area contributed by atoms with Crippen molar-refractivity contribution < 1.29 is 19.1 Å². The summed E-state index contributed by atoms with van der Waals surface area (Å²) in [7, 11) is 1.30. The Morgan fingerprint density at radius 3 is 2.39 bits per heavy atom. The summed E-state index contributed by atoms with van der Waals surface area (Å²) in [5, 5.41) is 2.68. The van der Waals surface area contributed by atoms with Gasteiger partial charge < -0.3 is 15.0 Å². The van der Waals surface area contributed by atoms with Crippen LogP contribution in [0.25, 0.3) is 0 Å². The molecule has 0 atom stereocenters. The molecule has 2 aromatic rings. The highest BCUT2D eigenvalue weighted by molar-refractivity contribution is 5.96. The van der Waals surface area contributed by atoms with E-state index >= 15 is 0 Å². The SMILES string of the molecule is C=CC(=O)NCc1ccc(C(=O)N(CC(=O)OC)Cc2ccccc2C)cc1.